The Bertz CT molecular complexity index is 1390. The van der Waals surface area contributed by atoms with Gasteiger partial charge < -0.3 is 20.5 Å². The lowest BCUT2D eigenvalue weighted by atomic mass is 9.90. The van der Waals surface area contributed by atoms with Crippen LogP contribution in [0.4, 0.5) is 13.2 Å². The molecule has 0 bridgehead atoms. The third-order valence-corrected chi connectivity index (χ3v) is 5.70. The third kappa shape index (κ3) is 4.81. The molecule has 11 heteroatoms. The number of fused-ring (bicyclic) bond motifs is 2. The van der Waals surface area contributed by atoms with Crippen molar-refractivity contribution in [2.75, 3.05) is 6.54 Å². The summed E-state index contributed by atoms with van der Waals surface area (Å²) in [7, 11) is 0. The summed E-state index contributed by atoms with van der Waals surface area (Å²) in [5.41, 5.74) is 4.51. The summed E-state index contributed by atoms with van der Waals surface area (Å²) in [5, 5.41) is 24.3. The van der Waals surface area contributed by atoms with Crippen molar-refractivity contribution in [3.63, 3.8) is 0 Å². The van der Waals surface area contributed by atoms with Gasteiger partial charge in [0, 0.05) is 41.7 Å². The van der Waals surface area contributed by atoms with Gasteiger partial charge in [0.05, 0.1) is 18.0 Å². The Labute approximate surface area is 197 Å². The first-order valence-corrected chi connectivity index (χ1v) is 10.8. The zero-order valence-electron chi connectivity index (χ0n) is 18.2. The highest BCUT2D eigenvalue weighted by Crippen LogP contribution is 2.37. The maximum Gasteiger partial charge on any atom is 0.573 e. The predicted octanol–water partition coefficient (Wildman–Crippen LogP) is 3.59. The number of hydrogen-bond acceptors (Lipinski definition) is 6. The van der Waals surface area contributed by atoms with E-state index in [0.717, 1.165) is 16.5 Å². The number of carbonyl (C=O) groups is 1. The molecule has 1 aliphatic heterocycles. The number of hydrogen-bond donors (Lipinski definition) is 4. The van der Waals surface area contributed by atoms with Crippen molar-refractivity contribution < 1.29 is 27.8 Å². The molecule has 180 valence electrons. The number of alkyl halides is 3. The minimum absolute atomic E-state index is 0.121. The summed E-state index contributed by atoms with van der Waals surface area (Å²) in [6.45, 7) is 1.01. The van der Waals surface area contributed by atoms with Crippen LogP contribution in [0.25, 0.3) is 22.2 Å². The zero-order valence-corrected chi connectivity index (χ0v) is 18.2. The van der Waals surface area contributed by atoms with Crippen LogP contribution in [0.2, 0.25) is 0 Å². The Morgan fingerprint density at radius 3 is 2.77 bits per heavy atom. The summed E-state index contributed by atoms with van der Waals surface area (Å²) in [6, 6.07) is 12.3. The summed E-state index contributed by atoms with van der Waals surface area (Å²) in [6.07, 6.45) is -3.88. The molecule has 1 atom stereocenters. The molecule has 0 fully saturated rings. The third-order valence-electron chi connectivity index (χ3n) is 5.70. The van der Waals surface area contributed by atoms with Crippen LogP contribution in [0, 0.1) is 0 Å². The van der Waals surface area contributed by atoms with E-state index in [4.69, 9.17) is 0 Å². The highest BCUT2D eigenvalue weighted by atomic mass is 19.4. The lowest BCUT2D eigenvalue weighted by Gasteiger charge is -2.25. The number of carbonyl (C=O) groups excluding carboxylic acids is 1. The molecule has 0 radical (unpaired) electrons. The number of nitrogens with zero attached hydrogens (tertiary/aromatic N) is 2. The smallest absolute Gasteiger partial charge is 0.406 e. The van der Waals surface area contributed by atoms with E-state index < -0.39 is 12.5 Å². The van der Waals surface area contributed by atoms with E-state index in [2.05, 4.69) is 30.6 Å². The number of benzene rings is 2. The van der Waals surface area contributed by atoms with E-state index in [1.807, 2.05) is 6.07 Å². The van der Waals surface area contributed by atoms with E-state index in [0.29, 0.717) is 41.1 Å². The molecule has 3 heterocycles. The van der Waals surface area contributed by atoms with E-state index >= 15 is 0 Å². The minimum Gasteiger partial charge on any atom is -0.406 e. The van der Waals surface area contributed by atoms with Gasteiger partial charge in [0.1, 0.15) is 5.75 Å². The Morgan fingerprint density at radius 2 is 2.00 bits per heavy atom. The number of amides is 1. The van der Waals surface area contributed by atoms with Gasteiger partial charge in [0.15, 0.2) is 5.65 Å². The van der Waals surface area contributed by atoms with Gasteiger partial charge in [-0.15, -0.1) is 13.2 Å². The molecule has 0 spiro atoms. The van der Waals surface area contributed by atoms with Gasteiger partial charge in [0.2, 0.25) is 0 Å². The Morgan fingerprint density at radius 1 is 1.20 bits per heavy atom. The van der Waals surface area contributed by atoms with Gasteiger partial charge in [-0.05, 0) is 35.4 Å². The SMILES string of the molecule is O=C(NCc1ccc(OC(F)(F)F)cc1)c1cccc(-c2c3c(nc4[nH]ncc24)CNCC3O)c1. The standard InChI is InChI=1S/C24H20F3N5O3/c25-24(26,27)35-16-6-4-13(5-7-16)9-29-23(34)15-3-1-2-14(8-15)20-17-10-30-32-22(17)31-18-11-28-12-19(33)21(18)20/h1-8,10,19,28,33H,9,11-12H2,(H,29,34)(H,30,31,32). The summed E-state index contributed by atoms with van der Waals surface area (Å²) < 4.78 is 40.8. The Balaban J connectivity index is 1.38. The molecule has 4 aromatic rings. The lowest BCUT2D eigenvalue weighted by Crippen LogP contribution is -2.29. The molecule has 35 heavy (non-hydrogen) atoms. The second kappa shape index (κ2) is 9.01. The highest BCUT2D eigenvalue weighted by Gasteiger charge is 2.31. The highest BCUT2D eigenvalue weighted by molar-refractivity contribution is 5.99. The molecular formula is C24H20F3N5O3. The molecule has 8 nitrogen and oxygen atoms in total. The van der Waals surface area contributed by atoms with Crippen LogP contribution in [0.1, 0.15) is 33.3 Å². The number of aromatic nitrogens is 3. The van der Waals surface area contributed by atoms with Crippen LogP contribution in [0.15, 0.2) is 54.7 Å². The monoisotopic (exact) mass is 483 g/mol. The second-order valence-electron chi connectivity index (χ2n) is 8.08. The molecule has 5 rings (SSSR count). The Kier molecular flexibility index (Phi) is 5.87. The number of nitrogens with one attached hydrogen (secondary N) is 3. The molecule has 2 aromatic heterocycles. The number of pyridine rings is 1. The number of H-pyrrole nitrogens is 1. The molecule has 1 amide bonds. The molecule has 0 saturated carbocycles. The van der Waals surface area contributed by atoms with Crippen molar-refractivity contribution in [3.05, 3.63) is 77.1 Å². The number of halogens is 3. The topological polar surface area (TPSA) is 112 Å². The van der Waals surface area contributed by atoms with E-state index in [9.17, 15) is 23.1 Å². The molecule has 2 aromatic carbocycles. The van der Waals surface area contributed by atoms with Gasteiger partial charge in [-0.1, -0.05) is 24.3 Å². The van der Waals surface area contributed by atoms with Crippen molar-refractivity contribution in [1.82, 2.24) is 25.8 Å². The largest absolute Gasteiger partial charge is 0.573 e. The predicted molar refractivity (Wildman–Crippen MR) is 120 cm³/mol. The number of rotatable bonds is 5. The number of β-amino-alcohol motifs (C(OH)–C–C–N with tert-alkyl or cyclic N) is 1. The second-order valence-corrected chi connectivity index (χ2v) is 8.08. The van der Waals surface area contributed by atoms with Crippen LogP contribution >= 0.6 is 0 Å². The van der Waals surface area contributed by atoms with Gasteiger partial charge >= 0.3 is 6.36 Å². The van der Waals surface area contributed by atoms with E-state index in [1.165, 1.54) is 24.3 Å². The van der Waals surface area contributed by atoms with Gasteiger partial charge in [-0.3, -0.25) is 9.89 Å². The fraction of sp³-hybridized carbons (Fsp3) is 0.208. The maximum atomic E-state index is 12.8. The number of aliphatic hydroxyl groups is 1. The molecule has 0 saturated heterocycles. The number of aliphatic hydroxyl groups excluding tert-OH is 1. The van der Waals surface area contributed by atoms with Crippen LogP contribution in [0.3, 0.4) is 0 Å². The molecule has 0 aliphatic carbocycles. The summed E-state index contributed by atoms with van der Waals surface area (Å²) in [4.78, 5) is 17.4. The average molecular weight is 483 g/mol. The quantitative estimate of drug-likeness (QED) is 0.345. The summed E-state index contributed by atoms with van der Waals surface area (Å²) in [5.74, 6) is -0.681. The lowest BCUT2D eigenvalue weighted by molar-refractivity contribution is -0.274. The van der Waals surface area contributed by atoms with E-state index in [1.54, 1.807) is 24.4 Å². The first-order chi connectivity index (χ1) is 16.8. The number of aromatic amines is 1. The first-order valence-electron chi connectivity index (χ1n) is 10.8. The molecule has 1 unspecified atom stereocenters. The van der Waals surface area contributed by atoms with Crippen molar-refractivity contribution >= 4 is 16.9 Å². The van der Waals surface area contributed by atoms with E-state index in [-0.39, 0.29) is 18.2 Å². The molecular weight excluding hydrogens is 463 g/mol. The molecule has 4 N–H and O–H groups in total. The fourth-order valence-corrected chi connectivity index (χ4v) is 4.18. The van der Waals surface area contributed by atoms with Crippen LogP contribution < -0.4 is 15.4 Å². The van der Waals surface area contributed by atoms with Crippen molar-refractivity contribution in [3.8, 4) is 16.9 Å². The van der Waals surface area contributed by atoms with Crippen LogP contribution in [-0.2, 0) is 13.1 Å². The zero-order chi connectivity index (χ0) is 24.6. The minimum atomic E-state index is -4.76. The van der Waals surface area contributed by atoms with Crippen LogP contribution in [-0.4, -0.2) is 39.1 Å². The van der Waals surface area contributed by atoms with Gasteiger partial charge in [-0.25, -0.2) is 4.98 Å². The number of ether oxygens (including phenoxy) is 1. The normalized spacial score (nSPS) is 15.6. The van der Waals surface area contributed by atoms with Crippen LogP contribution in [0.5, 0.6) is 5.75 Å². The fourth-order valence-electron chi connectivity index (χ4n) is 4.18. The van der Waals surface area contributed by atoms with Crippen molar-refractivity contribution in [2.45, 2.75) is 25.6 Å². The van der Waals surface area contributed by atoms with Gasteiger partial charge in [-0.2, -0.15) is 5.10 Å². The maximum absolute atomic E-state index is 12.8. The Hall–Kier alpha value is -3.96. The first kappa shape index (κ1) is 22.8. The molecule has 1 aliphatic rings. The van der Waals surface area contributed by atoms with Gasteiger partial charge in [0.25, 0.3) is 5.91 Å². The summed E-state index contributed by atoms with van der Waals surface area (Å²) >= 11 is 0. The van der Waals surface area contributed by atoms with Crippen molar-refractivity contribution in [2.24, 2.45) is 0 Å². The average Bonchev–Trinajstić information content (AvgIpc) is 3.29. The van der Waals surface area contributed by atoms with Crippen molar-refractivity contribution in [1.29, 1.82) is 0 Å².